The van der Waals surface area contributed by atoms with Gasteiger partial charge in [0.1, 0.15) is 5.75 Å². The van der Waals surface area contributed by atoms with Gasteiger partial charge in [0.2, 0.25) is 0 Å². The second-order valence-electron chi connectivity index (χ2n) is 4.60. The maximum atomic E-state index is 12.4. The predicted octanol–water partition coefficient (Wildman–Crippen LogP) is 3.58. The minimum Gasteiger partial charge on any atom is -0.482 e. The SMILES string of the molecule is O=C1COc2cccc(C(=O)Nc3ccc(Cl)c(Cl)c3)c2N1. The van der Waals surface area contributed by atoms with E-state index in [2.05, 4.69) is 10.6 Å². The number of carbonyl (C=O) groups is 2. The molecule has 7 heteroatoms. The highest BCUT2D eigenvalue weighted by Crippen LogP contribution is 2.32. The van der Waals surface area contributed by atoms with Crippen molar-refractivity contribution in [1.29, 1.82) is 0 Å². The molecule has 2 aromatic carbocycles. The van der Waals surface area contributed by atoms with Crippen LogP contribution in [0.4, 0.5) is 11.4 Å². The van der Waals surface area contributed by atoms with Crippen LogP contribution in [0.2, 0.25) is 10.0 Å². The van der Waals surface area contributed by atoms with E-state index in [1.165, 1.54) is 0 Å². The minimum atomic E-state index is -0.388. The van der Waals surface area contributed by atoms with Gasteiger partial charge in [-0.15, -0.1) is 0 Å². The fraction of sp³-hybridized carbons (Fsp3) is 0.0667. The van der Waals surface area contributed by atoms with Gasteiger partial charge in [-0.1, -0.05) is 29.3 Å². The molecule has 5 nitrogen and oxygen atoms in total. The largest absolute Gasteiger partial charge is 0.482 e. The van der Waals surface area contributed by atoms with Crippen molar-refractivity contribution < 1.29 is 14.3 Å². The molecule has 0 fully saturated rings. The van der Waals surface area contributed by atoms with E-state index >= 15 is 0 Å². The Morgan fingerprint density at radius 2 is 2.00 bits per heavy atom. The topological polar surface area (TPSA) is 67.4 Å². The number of para-hydroxylation sites is 1. The summed E-state index contributed by atoms with van der Waals surface area (Å²) in [7, 11) is 0. The van der Waals surface area contributed by atoms with Crippen LogP contribution in [0.1, 0.15) is 10.4 Å². The maximum absolute atomic E-state index is 12.4. The average molecular weight is 337 g/mol. The van der Waals surface area contributed by atoms with Crippen LogP contribution in [0, 0.1) is 0 Å². The molecule has 0 unspecified atom stereocenters. The lowest BCUT2D eigenvalue weighted by Crippen LogP contribution is -2.27. The van der Waals surface area contributed by atoms with E-state index in [9.17, 15) is 9.59 Å². The average Bonchev–Trinajstić information content (AvgIpc) is 2.50. The first-order valence-electron chi connectivity index (χ1n) is 6.36. The third-order valence-electron chi connectivity index (χ3n) is 3.07. The molecule has 2 amide bonds. The summed E-state index contributed by atoms with van der Waals surface area (Å²) in [6, 6.07) is 9.74. The summed E-state index contributed by atoms with van der Waals surface area (Å²) in [4.78, 5) is 23.8. The molecule has 0 saturated heterocycles. The molecule has 0 radical (unpaired) electrons. The molecule has 22 heavy (non-hydrogen) atoms. The summed E-state index contributed by atoms with van der Waals surface area (Å²) in [5.74, 6) is -0.232. The number of carbonyl (C=O) groups excluding carboxylic acids is 2. The Morgan fingerprint density at radius 3 is 2.77 bits per heavy atom. The molecule has 0 atom stereocenters. The zero-order valence-corrected chi connectivity index (χ0v) is 12.7. The highest BCUT2D eigenvalue weighted by Gasteiger charge is 2.22. The Hall–Kier alpha value is -2.24. The number of hydrogen-bond donors (Lipinski definition) is 2. The molecular weight excluding hydrogens is 327 g/mol. The second-order valence-corrected chi connectivity index (χ2v) is 5.41. The normalized spacial score (nSPS) is 12.9. The van der Waals surface area contributed by atoms with Crippen LogP contribution in [0.3, 0.4) is 0 Å². The van der Waals surface area contributed by atoms with E-state index in [-0.39, 0.29) is 18.4 Å². The Kier molecular flexibility index (Phi) is 3.92. The van der Waals surface area contributed by atoms with Gasteiger partial charge in [0, 0.05) is 5.69 Å². The number of rotatable bonds is 2. The molecule has 0 bridgehead atoms. The lowest BCUT2D eigenvalue weighted by atomic mass is 10.1. The van der Waals surface area contributed by atoms with E-state index in [4.69, 9.17) is 27.9 Å². The third-order valence-corrected chi connectivity index (χ3v) is 3.81. The van der Waals surface area contributed by atoms with Crippen LogP contribution in [0.25, 0.3) is 0 Å². The summed E-state index contributed by atoms with van der Waals surface area (Å²) in [5, 5.41) is 6.09. The van der Waals surface area contributed by atoms with Crippen molar-refractivity contribution in [2.24, 2.45) is 0 Å². The molecule has 112 valence electrons. The number of benzene rings is 2. The molecule has 1 aliphatic rings. The van der Waals surface area contributed by atoms with Crippen molar-refractivity contribution in [1.82, 2.24) is 0 Å². The molecule has 1 aliphatic heterocycles. The van der Waals surface area contributed by atoms with Gasteiger partial charge in [-0.25, -0.2) is 0 Å². The Balaban J connectivity index is 1.89. The minimum absolute atomic E-state index is 0.0646. The van der Waals surface area contributed by atoms with Crippen LogP contribution in [0.15, 0.2) is 36.4 Å². The van der Waals surface area contributed by atoms with Gasteiger partial charge in [0.15, 0.2) is 6.61 Å². The Bertz CT molecular complexity index is 777. The number of ether oxygens (including phenoxy) is 1. The van der Waals surface area contributed by atoms with Crippen molar-refractivity contribution in [2.45, 2.75) is 0 Å². The zero-order valence-electron chi connectivity index (χ0n) is 11.2. The quantitative estimate of drug-likeness (QED) is 0.880. The van der Waals surface area contributed by atoms with E-state index in [1.807, 2.05) is 0 Å². The van der Waals surface area contributed by atoms with Crippen molar-refractivity contribution in [3.8, 4) is 5.75 Å². The van der Waals surface area contributed by atoms with Crippen LogP contribution < -0.4 is 15.4 Å². The van der Waals surface area contributed by atoms with E-state index < -0.39 is 0 Å². The van der Waals surface area contributed by atoms with Crippen LogP contribution in [0.5, 0.6) is 5.75 Å². The van der Waals surface area contributed by atoms with Gasteiger partial charge >= 0.3 is 0 Å². The number of nitrogens with one attached hydrogen (secondary N) is 2. The molecule has 0 aromatic heterocycles. The van der Waals surface area contributed by atoms with Gasteiger partial charge in [-0.3, -0.25) is 9.59 Å². The molecule has 0 spiro atoms. The van der Waals surface area contributed by atoms with E-state index in [0.717, 1.165) is 0 Å². The van der Waals surface area contributed by atoms with Crippen molar-refractivity contribution >= 4 is 46.4 Å². The summed E-state index contributed by atoms with van der Waals surface area (Å²) >= 11 is 11.8. The molecular formula is C15H10Cl2N2O3. The smallest absolute Gasteiger partial charge is 0.262 e. The fourth-order valence-corrected chi connectivity index (χ4v) is 2.36. The lowest BCUT2D eigenvalue weighted by Gasteiger charge is -2.20. The highest BCUT2D eigenvalue weighted by molar-refractivity contribution is 6.42. The van der Waals surface area contributed by atoms with Gasteiger partial charge in [-0.2, -0.15) is 0 Å². The van der Waals surface area contributed by atoms with Crippen molar-refractivity contribution in [2.75, 3.05) is 17.2 Å². The highest BCUT2D eigenvalue weighted by atomic mass is 35.5. The number of anilines is 2. The fourth-order valence-electron chi connectivity index (χ4n) is 2.06. The molecule has 0 saturated carbocycles. The summed E-state index contributed by atoms with van der Waals surface area (Å²) in [6.45, 7) is -0.0646. The summed E-state index contributed by atoms with van der Waals surface area (Å²) in [5.41, 5.74) is 1.16. The predicted molar refractivity (Wildman–Crippen MR) is 85.0 cm³/mol. The monoisotopic (exact) mass is 336 g/mol. The lowest BCUT2D eigenvalue weighted by molar-refractivity contribution is -0.118. The summed E-state index contributed by atoms with van der Waals surface area (Å²) < 4.78 is 5.28. The number of amides is 2. The number of fused-ring (bicyclic) bond motifs is 1. The van der Waals surface area contributed by atoms with Crippen molar-refractivity contribution in [3.05, 3.63) is 52.0 Å². The number of halogens is 2. The second kappa shape index (κ2) is 5.87. The molecule has 1 heterocycles. The molecule has 2 N–H and O–H groups in total. The standard InChI is InChI=1S/C15H10Cl2N2O3/c16-10-5-4-8(6-11(10)17)18-15(21)9-2-1-3-12-14(9)19-13(20)7-22-12/h1-6H,7H2,(H,18,21)(H,19,20). The van der Waals surface area contributed by atoms with E-state index in [1.54, 1.807) is 36.4 Å². The summed E-state index contributed by atoms with van der Waals surface area (Å²) in [6.07, 6.45) is 0. The van der Waals surface area contributed by atoms with Gasteiger partial charge < -0.3 is 15.4 Å². The van der Waals surface area contributed by atoms with E-state index in [0.29, 0.717) is 32.7 Å². The van der Waals surface area contributed by atoms with Crippen LogP contribution in [-0.2, 0) is 4.79 Å². The Morgan fingerprint density at radius 1 is 1.18 bits per heavy atom. The van der Waals surface area contributed by atoms with Gasteiger partial charge in [0.25, 0.3) is 11.8 Å². The van der Waals surface area contributed by atoms with Gasteiger partial charge in [0.05, 0.1) is 21.3 Å². The zero-order chi connectivity index (χ0) is 15.7. The maximum Gasteiger partial charge on any atom is 0.262 e. The Labute approximate surface area is 136 Å². The van der Waals surface area contributed by atoms with Crippen molar-refractivity contribution in [3.63, 3.8) is 0 Å². The first-order chi connectivity index (χ1) is 10.5. The third kappa shape index (κ3) is 2.86. The molecule has 3 rings (SSSR count). The molecule has 0 aliphatic carbocycles. The van der Waals surface area contributed by atoms with Crippen LogP contribution >= 0.6 is 23.2 Å². The number of hydrogen-bond acceptors (Lipinski definition) is 3. The van der Waals surface area contributed by atoms with Gasteiger partial charge in [-0.05, 0) is 30.3 Å². The van der Waals surface area contributed by atoms with Crippen LogP contribution in [-0.4, -0.2) is 18.4 Å². The first-order valence-corrected chi connectivity index (χ1v) is 7.12. The first kappa shape index (κ1) is 14.7. The molecule has 2 aromatic rings.